The molecule has 0 unspecified atom stereocenters. The minimum absolute atomic E-state index is 0.229. The maximum Gasteiger partial charge on any atom is 0.305 e. The van der Waals surface area contributed by atoms with Gasteiger partial charge < -0.3 is 18.9 Å². The molecule has 0 bridgehead atoms. The standard InChI is InChI=1S/C17H25NO6/c1-3-21-16(19)10-6-12-23-14-8-5-9-15(18-14)24-13-7-11-17(20)22-4-2/h5,8-9H,3-4,6-7,10-13H2,1-2H3. The first-order valence-electron chi connectivity index (χ1n) is 8.19. The van der Waals surface area contributed by atoms with Crippen LogP contribution in [0.25, 0.3) is 0 Å². The van der Waals surface area contributed by atoms with Crippen LogP contribution in [0, 0.1) is 0 Å². The van der Waals surface area contributed by atoms with Crippen LogP contribution in [0.5, 0.6) is 11.8 Å². The summed E-state index contributed by atoms with van der Waals surface area (Å²) >= 11 is 0. The lowest BCUT2D eigenvalue weighted by atomic mass is 10.3. The number of pyridine rings is 1. The van der Waals surface area contributed by atoms with Crippen LogP contribution in [0.4, 0.5) is 0 Å². The molecular formula is C17H25NO6. The number of esters is 2. The summed E-state index contributed by atoms with van der Waals surface area (Å²) in [6.45, 7) is 5.07. The number of ether oxygens (including phenoxy) is 4. The van der Waals surface area contributed by atoms with Crippen LogP contribution in [0.3, 0.4) is 0 Å². The van der Waals surface area contributed by atoms with Crippen molar-refractivity contribution in [2.45, 2.75) is 39.5 Å². The third-order valence-electron chi connectivity index (χ3n) is 2.86. The average Bonchev–Trinajstić information content (AvgIpc) is 2.57. The highest BCUT2D eigenvalue weighted by atomic mass is 16.5. The van der Waals surface area contributed by atoms with Crippen molar-refractivity contribution in [3.8, 4) is 11.8 Å². The van der Waals surface area contributed by atoms with Crippen LogP contribution < -0.4 is 9.47 Å². The van der Waals surface area contributed by atoms with Crippen LogP contribution in [-0.4, -0.2) is 43.4 Å². The molecule has 0 aliphatic rings. The van der Waals surface area contributed by atoms with E-state index in [1.807, 2.05) is 0 Å². The molecule has 7 heteroatoms. The highest BCUT2D eigenvalue weighted by Crippen LogP contribution is 2.14. The Morgan fingerprint density at radius 2 is 1.33 bits per heavy atom. The smallest absolute Gasteiger partial charge is 0.305 e. The lowest BCUT2D eigenvalue weighted by molar-refractivity contribution is -0.144. The van der Waals surface area contributed by atoms with Gasteiger partial charge >= 0.3 is 11.9 Å². The van der Waals surface area contributed by atoms with Crippen molar-refractivity contribution in [3.63, 3.8) is 0 Å². The van der Waals surface area contributed by atoms with Crippen LogP contribution in [0.15, 0.2) is 18.2 Å². The number of rotatable bonds is 12. The molecular weight excluding hydrogens is 314 g/mol. The number of carbonyl (C=O) groups excluding carboxylic acids is 2. The van der Waals surface area contributed by atoms with E-state index < -0.39 is 0 Å². The van der Waals surface area contributed by atoms with E-state index in [2.05, 4.69) is 4.98 Å². The van der Waals surface area contributed by atoms with Crippen molar-refractivity contribution < 1.29 is 28.5 Å². The van der Waals surface area contributed by atoms with Crippen molar-refractivity contribution in [3.05, 3.63) is 18.2 Å². The molecule has 0 aromatic carbocycles. The third-order valence-corrected chi connectivity index (χ3v) is 2.86. The lowest BCUT2D eigenvalue weighted by Gasteiger charge is -2.08. The molecule has 1 aromatic rings. The zero-order valence-corrected chi connectivity index (χ0v) is 14.3. The van der Waals surface area contributed by atoms with Crippen molar-refractivity contribution in [2.75, 3.05) is 26.4 Å². The van der Waals surface area contributed by atoms with E-state index in [0.717, 1.165) is 0 Å². The quantitative estimate of drug-likeness (QED) is 0.427. The Hall–Kier alpha value is -2.31. The fraction of sp³-hybridized carbons (Fsp3) is 0.588. The van der Waals surface area contributed by atoms with Gasteiger partial charge in [-0.15, -0.1) is 0 Å². The van der Waals surface area contributed by atoms with E-state index in [4.69, 9.17) is 18.9 Å². The van der Waals surface area contributed by atoms with E-state index in [1.165, 1.54) is 0 Å². The predicted octanol–water partition coefficient (Wildman–Crippen LogP) is 2.53. The molecule has 0 saturated carbocycles. The molecule has 7 nitrogen and oxygen atoms in total. The topological polar surface area (TPSA) is 84.0 Å². The summed E-state index contributed by atoms with van der Waals surface area (Å²) in [6.07, 6.45) is 1.76. The summed E-state index contributed by atoms with van der Waals surface area (Å²) in [5.74, 6) is 0.406. The van der Waals surface area contributed by atoms with Crippen LogP contribution in [0.2, 0.25) is 0 Å². The van der Waals surface area contributed by atoms with Gasteiger partial charge in [-0.2, -0.15) is 4.98 Å². The van der Waals surface area contributed by atoms with Gasteiger partial charge in [-0.1, -0.05) is 6.07 Å². The predicted molar refractivity (Wildman–Crippen MR) is 87.0 cm³/mol. The Labute approximate surface area is 142 Å². The second-order valence-electron chi connectivity index (χ2n) is 4.83. The van der Waals surface area contributed by atoms with Crippen LogP contribution in [0.1, 0.15) is 39.5 Å². The number of carbonyl (C=O) groups is 2. The maximum atomic E-state index is 11.2. The molecule has 0 saturated heterocycles. The molecule has 0 fully saturated rings. The molecule has 134 valence electrons. The minimum atomic E-state index is -0.229. The second kappa shape index (κ2) is 12.2. The molecule has 0 aliphatic heterocycles. The molecule has 0 N–H and O–H groups in total. The molecule has 1 heterocycles. The van der Waals surface area contributed by atoms with Gasteiger partial charge in [0.2, 0.25) is 11.8 Å². The molecule has 0 amide bonds. The average molecular weight is 339 g/mol. The Balaban J connectivity index is 2.23. The van der Waals surface area contributed by atoms with Gasteiger partial charge in [0.05, 0.1) is 26.4 Å². The van der Waals surface area contributed by atoms with Crippen molar-refractivity contribution >= 4 is 11.9 Å². The second-order valence-corrected chi connectivity index (χ2v) is 4.83. The fourth-order valence-electron chi connectivity index (χ4n) is 1.81. The van der Waals surface area contributed by atoms with E-state index in [1.54, 1.807) is 32.0 Å². The summed E-state index contributed by atoms with van der Waals surface area (Å²) in [7, 11) is 0. The van der Waals surface area contributed by atoms with Gasteiger partial charge in [-0.05, 0) is 26.7 Å². The Kier molecular flexibility index (Phi) is 9.99. The molecule has 0 spiro atoms. The first-order valence-corrected chi connectivity index (χ1v) is 8.19. The van der Waals surface area contributed by atoms with Gasteiger partial charge in [0, 0.05) is 25.0 Å². The van der Waals surface area contributed by atoms with Gasteiger partial charge in [0.1, 0.15) is 0 Å². The van der Waals surface area contributed by atoms with Crippen LogP contribution >= 0.6 is 0 Å². The first-order chi connectivity index (χ1) is 11.7. The Morgan fingerprint density at radius 3 is 1.75 bits per heavy atom. The van der Waals surface area contributed by atoms with Crippen LogP contribution in [-0.2, 0) is 19.1 Å². The molecule has 0 aliphatic carbocycles. The van der Waals surface area contributed by atoms with Crippen molar-refractivity contribution in [1.29, 1.82) is 0 Å². The number of hydrogen-bond donors (Lipinski definition) is 0. The number of nitrogens with zero attached hydrogens (tertiary/aromatic N) is 1. The molecule has 24 heavy (non-hydrogen) atoms. The summed E-state index contributed by atoms with van der Waals surface area (Å²) in [4.78, 5) is 26.6. The zero-order chi connectivity index (χ0) is 17.6. The maximum absolute atomic E-state index is 11.2. The third kappa shape index (κ3) is 8.97. The van der Waals surface area contributed by atoms with E-state index >= 15 is 0 Å². The number of aromatic nitrogens is 1. The normalized spacial score (nSPS) is 10.1. The van der Waals surface area contributed by atoms with E-state index in [9.17, 15) is 9.59 Å². The largest absolute Gasteiger partial charge is 0.478 e. The van der Waals surface area contributed by atoms with E-state index in [0.29, 0.717) is 63.9 Å². The summed E-state index contributed by atoms with van der Waals surface area (Å²) < 4.78 is 20.6. The Morgan fingerprint density at radius 1 is 0.875 bits per heavy atom. The molecule has 1 rings (SSSR count). The SMILES string of the molecule is CCOC(=O)CCCOc1cccc(OCCCC(=O)OCC)n1. The molecule has 1 aromatic heterocycles. The van der Waals surface area contributed by atoms with Gasteiger partial charge in [-0.25, -0.2) is 0 Å². The zero-order valence-electron chi connectivity index (χ0n) is 14.3. The van der Waals surface area contributed by atoms with Gasteiger partial charge in [0.25, 0.3) is 0 Å². The fourth-order valence-corrected chi connectivity index (χ4v) is 1.81. The highest BCUT2D eigenvalue weighted by molar-refractivity contribution is 5.69. The lowest BCUT2D eigenvalue weighted by Crippen LogP contribution is -2.08. The van der Waals surface area contributed by atoms with E-state index in [-0.39, 0.29) is 11.9 Å². The minimum Gasteiger partial charge on any atom is -0.478 e. The highest BCUT2D eigenvalue weighted by Gasteiger charge is 2.04. The molecule has 0 radical (unpaired) electrons. The summed E-state index contributed by atoms with van der Waals surface area (Å²) in [5, 5.41) is 0. The first kappa shape index (κ1) is 19.7. The van der Waals surface area contributed by atoms with Gasteiger partial charge in [0.15, 0.2) is 0 Å². The van der Waals surface area contributed by atoms with Crippen molar-refractivity contribution in [1.82, 2.24) is 4.98 Å². The summed E-state index contributed by atoms with van der Waals surface area (Å²) in [5.41, 5.74) is 0. The Bertz CT molecular complexity index is 464. The summed E-state index contributed by atoms with van der Waals surface area (Å²) in [6, 6.07) is 5.21. The number of hydrogen-bond acceptors (Lipinski definition) is 7. The monoisotopic (exact) mass is 339 g/mol. The van der Waals surface area contributed by atoms with Gasteiger partial charge in [-0.3, -0.25) is 9.59 Å². The molecule has 0 atom stereocenters. The van der Waals surface area contributed by atoms with Crippen molar-refractivity contribution in [2.24, 2.45) is 0 Å².